The second-order valence-electron chi connectivity index (χ2n) is 6.53. The quantitative estimate of drug-likeness (QED) is 0.779. The Morgan fingerprint density at radius 1 is 1.06 bits per heavy atom. The molecule has 5 atom stereocenters. The Labute approximate surface area is 111 Å². The average Bonchev–Trinajstić information content (AvgIpc) is 2.28. The van der Waals surface area contributed by atoms with Crippen molar-refractivity contribution in [1.82, 2.24) is 4.90 Å². The number of likely N-dealkylation sites (tertiary alicyclic amines) is 1. The first-order valence-electron chi connectivity index (χ1n) is 7.58. The van der Waals surface area contributed by atoms with Crippen LogP contribution in [-0.4, -0.2) is 28.9 Å². The molecule has 0 radical (unpaired) electrons. The maximum absolute atomic E-state index is 12.8. The summed E-state index contributed by atoms with van der Waals surface area (Å²) < 4.78 is 0. The molecule has 1 heterocycles. The molecule has 1 saturated heterocycles. The maximum atomic E-state index is 12.8. The second kappa shape index (κ2) is 5.60. The Morgan fingerprint density at radius 3 is 2.22 bits per heavy atom. The molecule has 3 nitrogen and oxygen atoms in total. The van der Waals surface area contributed by atoms with Gasteiger partial charge in [0.2, 0.25) is 5.91 Å². The van der Waals surface area contributed by atoms with E-state index in [0.717, 1.165) is 32.1 Å². The van der Waals surface area contributed by atoms with Gasteiger partial charge >= 0.3 is 0 Å². The van der Waals surface area contributed by atoms with Gasteiger partial charge in [0.1, 0.15) is 0 Å². The normalized spacial score (nSPS) is 41.8. The van der Waals surface area contributed by atoms with Crippen LogP contribution in [0.25, 0.3) is 0 Å². The molecule has 3 unspecified atom stereocenters. The fourth-order valence-corrected chi connectivity index (χ4v) is 3.85. The second-order valence-corrected chi connectivity index (χ2v) is 6.53. The fraction of sp³-hybridized carbons (Fsp3) is 0.933. The van der Waals surface area contributed by atoms with Crippen LogP contribution in [0.1, 0.15) is 59.3 Å². The number of rotatable bonds is 1. The first-order valence-corrected chi connectivity index (χ1v) is 7.58. The third-order valence-corrected chi connectivity index (χ3v) is 4.98. The van der Waals surface area contributed by atoms with Crippen LogP contribution in [0.4, 0.5) is 0 Å². The summed E-state index contributed by atoms with van der Waals surface area (Å²) in [6, 6.07) is 1.15. The number of nitrogens with zero attached hydrogens (tertiary/aromatic N) is 1. The van der Waals surface area contributed by atoms with Gasteiger partial charge in [0.05, 0.1) is 0 Å². The van der Waals surface area contributed by atoms with Crippen LogP contribution in [0, 0.1) is 11.8 Å². The van der Waals surface area contributed by atoms with E-state index in [0.29, 0.717) is 30.0 Å². The lowest BCUT2D eigenvalue weighted by Gasteiger charge is -2.43. The smallest absolute Gasteiger partial charge is 0.226 e. The van der Waals surface area contributed by atoms with E-state index < -0.39 is 0 Å². The van der Waals surface area contributed by atoms with Crippen molar-refractivity contribution in [2.75, 3.05) is 0 Å². The monoisotopic (exact) mass is 252 g/mol. The predicted molar refractivity (Wildman–Crippen MR) is 74.1 cm³/mol. The average molecular weight is 252 g/mol. The molecule has 3 heteroatoms. The Morgan fingerprint density at radius 2 is 1.67 bits per heavy atom. The van der Waals surface area contributed by atoms with Crippen LogP contribution in [0.5, 0.6) is 0 Å². The van der Waals surface area contributed by atoms with E-state index in [1.165, 1.54) is 6.42 Å². The molecule has 2 aliphatic rings. The summed E-state index contributed by atoms with van der Waals surface area (Å²) in [6.45, 7) is 6.60. The highest BCUT2D eigenvalue weighted by molar-refractivity contribution is 5.80. The first kappa shape index (κ1) is 13.9. The summed E-state index contributed by atoms with van der Waals surface area (Å²) in [7, 11) is 0. The molecule has 1 aliphatic heterocycles. The van der Waals surface area contributed by atoms with Gasteiger partial charge in [-0.05, 0) is 58.3 Å². The summed E-state index contributed by atoms with van der Waals surface area (Å²) in [5, 5.41) is 0. The molecule has 1 saturated carbocycles. The van der Waals surface area contributed by atoms with Crippen molar-refractivity contribution in [1.29, 1.82) is 0 Å². The van der Waals surface area contributed by atoms with Crippen molar-refractivity contribution in [3.63, 3.8) is 0 Å². The summed E-state index contributed by atoms with van der Waals surface area (Å²) in [6.07, 6.45) is 6.59. The Balaban J connectivity index is 2.05. The molecule has 2 N–H and O–H groups in total. The number of carbonyl (C=O) groups excluding carboxylic acids is 1. The van der Waals surface area contributed by atoms with Gasteiger partial charge in [0.25, 0.3) is 0 Å². The van der Waals surface area contributed by atoms with E-state index in [1.54, 1.807) is 0 Å². The van der Waals surface area contributed by atoms with Crippen LogP contribution in [0.2, 0.25) is 0 Å². The number of nitrogens with two attached hydrogens (primary N) is 1. The zero-order chi connectivity index (χ0) is 13.3. The Kier molecular flexibility index (Phi) is 4.31. The summed E-state index contributed by atoms with van der Waals surface area (Å²) in [4.78, 5) is 14.9. The third-order valence-electron chi connectivity index (χ3n) is 4.98. The molecule has 0 spiro atoms. The molecule has 0 bridgehead atoms. The van der Waals surface area contributed by atoms with Crippen LogP contribution in [0.3, 0.4) is 0 Å². The molecule has 0 aromatic rings. The minimum absolute atomic E-state index is 0.216. The van der Waals surface area contributed by atoms with E-state index in [4.69, 9.17) is 5.73 Å². The lowest BCUT2D eigenvalue weighted by molar-refractivity contribution is -0.144. The summed E-state index contributed by atoms with van der Waals surface area (Å²) in [5.74, 6) is 1.06. The number of amides is 1. The van der Waals surface area contributed by atoms with Crippen LogP contribution in [0.15, 0.2) is 0 Å². The van der Waals surface area contributed by atoms with Gasteiger partial charge in [0.15, 0.2) is 0 Å². The number of hydrogen-bond acceptors (Lipinski definition) is 2. The maximum Gasteiger partial charge on any atom is 0.226 e. The fourth-order valence-electron chi connectivity index (χ4n) is 3.85. The highest BCUT2D eigenvalue weighted by Crippen LogP contribution is 2.33. The molecule has 1 amide bonds. The van der Waals surface area contributed by atoms with Crippen molar-refractivity contribution in [2.24, 2.45) is 17.6 Å². The lowest BCUT2D eigenvalue weighted by atomic mass is 9.77. The van der Waals surface area contributed by atoms with Crippen LogP contribution < -0.4 is 5.73 Å². The van der Waals surface area contributed by atoms with Gasteiger partial charge in [-0.25, -0.2) is 0 Å². The summed E-state index contributed by atoms with van der Waals surface area (Å²) >= 11 is 0. The zero-order valence-corrected chi connectivity index (χ0v) is 12.1. The molecule has 0 aromatic carbocycles. The van der Waals surface area contributed by atoms with Crippen molar-refractivity contribution >= 4 is 5.91 Å². The lowest BCUT2D eigenvalue weighted by Crippen LogP contribution is -2.52. The molecular formula is C15H28N2O. The van der Waals surface area contributed by atoms with Crippen molar-refractivity contribution in [2.45, 2.75) is 77.4 Å². The van der Waals surface area contributed by atoms with Crippen molar-refractivity contribution < 1.29 is 4.79 Å². The topological polar surface area (TPSA) is 46.3 Å². The Bertz CT molecular complexity index is 295. The molecule has 2 rings (SSSR count). The number of hydrogen-bond donors (Lipinski definition) is 1. The molecule has 1 aliphatic carbocycles. The highest BCUT2D eigenvalue weighted by atomic mass is 16.2. The SMILES string of the molecule is CC1CC(N)CCC1C(=O)N1[C@H](C)CCC[C@@H]1C. The summed E-state index contributed by atoms with van der Waals surface area (Å²) in [5.41, 5.74) is 6.00. The predicted octanol–water partition coefficient (Wildman–Crippen LogP) is 2.54. The largest absolute Gasteiger partial charge is 0.337 e. The molecule has 0 aromatic heterocycles. The molecular weight excluding hydrogens is 224 g/mol. The van der Waals surface area contributed by atoms with Crippen molar-refractivity contribution in [3.8, 4) is 0 Å². The molecule has 2 fully saturated rings. The van der Waals surface area contributed by atoms with E-state index in [2.05, 4.69) is 25.7 Å². The van der Waals surface area contributed by atoms with E-state index in [9.17, 15) is 4.79 Å². The highest BCUT2D eigenvalue weighted by Gasteiger charge is 2.37. The van der Waals surface area contributed by atoms with Gasteiger partial charge < -0.3 is 10.6 Å². The molecule has 18 heavy (non-hydrogen) atoms. The van der Waals surface area contributed by atoms with Gasteiger partial charge in [-0.3, -0.25) is 4.79 Å². The zero-order valence-electron chi connectivity index (χ0n) is 12.1. The van der Waals surface area contributed by atoms with Crippen LogP contribution >= 0.6 is 0 Å². The third kappa shape index (κ3) is 2.71. The Hall–Kier alpha value is -0.570. The van der Waals surface area contributed by atoms with E-state index >= 15 is 0 Å². The standard InChI is InChI=1S/C15H28N2O/c1-10-9-13(16)7-8-14(10)15(18)17-11(2)5-4-6-12(17)3/h10-14H,4-9,16H2,1-3H3/t10?,11-,12+,13?,14?. The van der Waals surface area contributed by atoms with Gasteiger partial charge in [-0.2, -0.15) is 0 Å². The van der Waals surface area contributed by atoms with Crippen molar-refractivity contribution in [3.05, 3.63) is 0 Å². The van der Waals surface area contributed by atoms with E-state index in [-0.39, 0.29) is 5.92 Å². The minimum Gasteiger partial charge on any atom is -0.337 e. The first-order chi connectivity index (χ1) is 8.50. The molecule has 104 valence electrons. The van der Waals surface area contributed by atoms with E-state index in [1.807, 2.05) is 0 Å². The van der Waals surface area contributed by atoms with Gasteiger partial charge in [-0.15, -0.1) is 0 Å². The van der Waals surface area contributed by atoms with Gasteiger partial charge in [0, 0.05) is 24.0 Å². The van der Waals surface area contributed by atoms with Crippen LogP contribution in [-0.2, 0) is 4.79 Å². The minimum atomic E-state index is 0.216. The van der Waals surface area contributed by atoms with Gasteiger partial charge in [-0.1, -0.05) is 6.92 Å². The number of carbonyl (C=O) groups is 1. The number of piperidine rings is 1.